The number of carboxylic acids is 1. The van der Waals surface area contributed by atoms with Gasteiger partial charge in [-0.25, -0.2) is 9.48 Å². The van der Waals surface area contributed by atoms with E-state index in [1.165, 1.54) is 7.05 Å². The van der Waals surface area contributed by atoms with E-state index in [0.717, 1.165) is 4.68 Å². The van der Waals surface area contributed by atoms with Gasteiger partial charge in [0, 0.05) is 25.4 Å². The van der Waals surface area contributed by atoms with Crippen molar-refractivity contribution in [3.63, 3.8) is 0 Å². The summed E-state index contributed by atoms with van der Waals surface area (Å²) in [4.78, 5) is 34.7. The first kappa shape index (κ1) is 14.7. The first-order valence-corrected chi connectivity index (χ1v) is 6.48. The molecule has 1 heterocycles. The van der Waals surface area contributed by atoms with Gasteiger partial charge in [0.15, 0.2) is 5.69 Å². The summed E-state index contributed by atoms with van der Waals surface area (Å²) in [5.41, 5.74) is -0.516. The third kappa shape index (κ3) is 3.07. The predicted octanol–water partition coefficient (Wildman–Crippen LogP) is 0.621. The summed E-state index contributed by atoms with van der Waals surface area (Å²) < 4.78 is 1.11. The lowest BCUT2D eigenvalue weighted by atomic mass is 10.1. The summed E-state index contributed by atoms with van der Waals surface area (Å²) in [6, 6.07) is 6.46. The summed E-state index contributed by atoms with van der Waals surface area (Å²) in [6.45, 7) is 0.192. The van der Waals surface area contributed by atoms with E-state index in [1.807, 2.05) is 0 Å². The van der Waals surface area contributed by atoms with Crippen molar-refractivity contribution in [2.45, 2.75) is 19.4 Å². The first-order chi connectivity index (χ1) is 10.0. The Kier molecular flexibility index (Phi) is 4.32. The molecule has 0 unspecified atom stereocenters. The van der Waals surface area contributed by atoms with Crippen molar-refractivity contribution in [1.82, 2.24) is 15.1 Å². The molecular formula is C14H15N3O4. The number of fused-ring (bicyclic) bond motifs is 1. The monoisotopic (exact) mass is 289 g/mol. The van der Waals surface area contributed by atoms with Crippen LogP contribution in [0.3, 0.4) is 0 Å². The number of aromatic nitrogens is 2. The highest BCUT2D eigenvalue weighted by molar-refractivity contribution is 6.01. The van der Waals surface area contributed by atoms with E-state index in [2.05, 4.69) is 10.4 Å². The van der Waals surface area contributed by atoms with Crippen LogP contribution in [0.1, 0.15) is 23.3 Å². The molecule has 0 bridgehead atoms. The number of benzene rings is 1. The molecule has 0 aliphatic rings. The molecule has 0 aliphatic heterocycles. The smallest absolute Gasteiger partial charge is 0.357 e. The van der Waals surface area contributed by atoms with E-state index in [-0.39, 0.29) is 30.1 Å². The molecule has 1 amide bonds. The normalized spacial score (nSPS) is 10.5. The Bertz CT molecular complexity index is 751. The van der Waals surface area contributed by atoms with Crippen LogP contribution in [-0.2, 0) is 11.3 Å². The van der Waals surface area contributed by atoms with E-state index in [1.54, 1.807) is 24.3 Å². The number of carbonyl (C=O) groups is 2. The van der Waals surface area contributed by atoms with Gasteiger partial charge in [-0.2, -0.15) is 5.10 Å². The van der Waals surface area contributed by atoms with Gasteiger partial charge in [-0.1, -0.05) is 18.2 Å². The molecule has 1 aromatic heterocycles. The van der Waals surface area contributed by atoms with Gasteiger partial charge >= 0.3 is 5.97 Å². The molecule has 7 heteroatoms. The van der Waals surface area contributed by atoms with E-state index in [4.69, 9.17) is 0 Å². The van der Waals surface area contributed by atoms with Crippen molar-refractivity contribution in [1.29, 1.82) is 0 Å². The SMILES string of the molecule is CNC(=O)CCCn1nc(C(=O)O)c2ccccc2c1=O. The van der Waals surface area contributed by atoms with Crippen LogP contribution in [0.4, 0.5) is 0 Å². The molecular weight excluding hydrogens is 274 g/mol. The highest BCUT2D eigenvalue weighted by Gasteiger charge is 2.15. The fraction of sp³-hybridized carbons (Fsp3) is 0.286. The maximum absolute atomic E-state index is 12.3. The molecule has 0 aliphatic carbocycles. The number of carboxylic acid groups (broad SMARTS) is 1. The third-order valence-electron chi connectivity index (χ3n) is 3.12. The van der Waals surface area contributed by atoms with Crippen molar-refractivity contribution < 1.29 is 14.7 Å². The summed E-state index contributed by atoms with van der Waals surface area (Å²) in [5.74, 6) is -1.33. The van der Waals surface area contributed by atoms with Crippen LogP contribution in [0.5, 0.6) is 0 Å². The molecule has 0 atom stereocenters. The first-order valence-electron chi connectivity index (χ1n) is 6.48. The Hall–Kier alpha value is -2.70. The minimum atomic E-state index is -1.19. The number of hydrogen-bond acceptors (Lipinski definition) is 4. The number of hydrogen-bond donors (Lipinski definition) is 2. The molecule has 0 spiro atoms. The zero-order valence-electron chi connectivity index (χ0n) is 11.5. The molecule has 0 radical (unpaired) electrons. The fourth-order valence-electron chi connectivity index (χ4n) is 2.06. The van der Waals surface area contributed by atoms with E-state index >= 15 is 0 Å². The lowest BCUT2D eigenvalue weighted by molar-refractivity contribution is -0.120. The van der Waals surface area contributed by atoms with Gasteiger partial charge in [0.2, 0.25) is 5.91 Å². The molecule has 2 N–H and O–H groups in total. The standard InChI is InChI=1S/C14H15N3O4/c1-15-11(18)7-4-8-17-13(19)10-6-3-2-5-9(10)12(16-17)14(20)21/h2-3,5-6H,4,7-8H2,1H3,(H,15,18)(H,20,21). The summed E-state index contributed by atoms with van der Waals surface area (Å²) >= 11 is 0. The van der Waals surface area contributed by atoms with Gasteiger partial charge < -0.3 is 10.4 Å². The highest BCUT2D eigenvalue weighted by Crippen LogP contribution is 2.13. The van der Waals surface area contributed by atoms with Crippen LogP contribution in [0.25, 0.3) is 10.8 Å². The highest BCUT2D eigenvalue weighted by atomic mass is 16.4. The van der Waals surface area contributed by atoms with Crippen molar-refractivity contribution in [3.8, 4) is 0 Å². The molecule has 21 heavy (non-hydrogen) atoms. The molecule has 2 rings (SSSR count). The van der Waals surface area contributed by atoms with E-state index in [9.17, 15) is 19.5 Å². The molecule has 0 saturated carbocycles. The van der Waals surface area contributed by atoms with Crippen molar-refractivity contribution in [2.75, 3.05) is 7.05 Å². The maximum Gasteiger partial charge on any atom is 0.357 e. The van der Waals surface area contributed by atoms with Gasteiger partial charge in [-0.15, -0.1) is 0 Å². The van der Waals surface area contributed by atoms with Crippen LogP contribution in [0, 0.1) is 0 Å². The Labute approximate surface area is 120 Å². The Morgan fingerprint density at radius 3 is 2.57 bits per heavy atom. The number of aromatic carboxylic acids is 1. The second-order valence-corrected chi connectivity index (χ2v) is 4.50. The van der Waals surface area contributed by atoms with E-state index in [0.29, 0.717) is 17.2 Å². The van der Waals surface area contributed by atoms with Crippen LogP contribution >= 0.6 is 0 Å². The molecule has 0 saturated heterocycles. The number of nitrogens with zero attached hydrogens (tertiary/aromatic N) is 2. The fourth-order valence-corrected chi connectivity index (χ4v) is 2.06. The third-order valence-corrected chi connectivity index (χ3v) is 3.12. The number of nitrogens with one attached hydrogen (secondary N) is 1. The van der Waals surface area contributed by atoms with E-state index < -0.39 is 5.97 Å². The van der Waals surface area contributed by atoms with Crippen LogP contribution in [0.15, 0.2) is 29.1 Å². The van der Waals surface area contributed by atoms with Gasteiger partial charge in [0.1, 0.15) is 0 Å². The predicted molar refractivity (Wildman–Crippen MR) is 76.3 cm³/mol. The quantitative estimate of drug-likeness (QED) is 0.840. The Morgan fingerprint density at radius 2 is 1.95 bits per heavy atom. The lowest BCUT2D eigenvalue weighted by Gasteiger charge is -2.08. The molecule has 7 nitrogen and oxygen atoms in total. The van der Waals surface area contributed by atoms with Crippen molar-refractivity contribution in [2.24, 2.45) is 0 Å². The van der Waals surface area contributed by atoms with Crippen LogP contribution in [0.2, 0.25) is 0 Å². The minimum absolute atomic E-state index is 0.137. The summed E-state index contributed by atoms with van der Waals surface area (Å²) in [5, 5.41) is 16.2. The zero-order chi connectivity index (χ0) is 15.4. The molecule has 1 aromatic carbocycles. The molecule has 0 fully saturated rings. The number of aryl methyl sites for hydroxylation is 1. The summed E-state index contributed by atoms with van der Waals surface area (Å²) in [7, 11) is 1.53. The van der Waals surface area contributed by atoms with Crippen molar-refractivity contribution in [3.05, 3.63) is 40.3 Å². The Balaban J connectivity index is 2.40. The number of amides is 1. The average Bonchev–Trinajstić information content (AvgIpc) is 2.49. The second kappa shape index (κ2) is 6.17. The molecule has 110 valence electrons. The number of rotatable bonds is 5. The second-order valence-electron chi connectivity index (χ2n) is 4.50. The topological polar surface area (TPSA) is 101 Å². The van der Waals surface area contributed by atoms with Gasteiger partial charge in [-0.3, -0.25) is 9.59 Å². The minimum Gasteiger partial charge on any atom is -0.476 e. The molecule has 2 aromatic rings. The zero-order valence-corrected chi connectivity index (χ0v) is 11.5. The lowest BCUT2D eigenvalue weighted by Crippen LogP contribution is -2.27. The van der Waals surface area contributed by atoms with Gasteiger partial charge in [-0.05, 0) is 12.5 Å². The number of carbonyl (C=O) groups excluding carboxylic acids is 1. The summed E-state index contributed by atoms with van der Waals surface area (Å²) in [6.07, 6.45) is 0.657. The van der Waals surface area contributed by atoms with Gasteiger partial charge in [0.05, 0.1) is 5.39 Å². The average molecular weight is 289 g/mol. The largest absolute Gasteiger partial charge is 0.476 e. The maximum atomic E-state index is 12.3. The van der Waals surface area contributed by atoms with Gasteiger partial charge in [0.25, 0.3) is 5.56 Å². The van der Waals surface area contributed by atoms with Crippen molar-refractivity contribution >= 4 is 22.6 Å². The van der Waals surface area contributed by atoms with Crippen LogP contribution in [-0.4, -0.2) is 33.8 Å². The van der Waals surface area contributed by atoms with Crippen LogP contribution < -0.4 is 10.9 Å². The Morgan fingerprint density at radius 1 is 1.29 bits per heavy atom.